The van der Waals surface area contributed by atoms with Crippen molar-refractivity contribution >= 4 is 5.96 Å². The van der Waals surface area contributed by atoms with E-state index in [2.05, 4.69) is 26.8 Å². The van der Waals surface area contributed by atoms with Gasteiger partial charge in [-0.15, -0.1) is 0 Å². The van der Waals surface area contributed by atoms with Gasteiger partial charge in [0, 0.05) is 32.4 Å². The van der Waals surface area contributed by atoms with Crippen molar-refractivity contribution in [3.63, 3.8) is 0 Å². The summed E-state index contributed by atoms with van der Waals surface area (Å²) in [6.07, 6.45) is 0.918. The van der Waals surface area contributed by atoms with E-state index in [0.717, 1.165) is 42.5 Å². The molecule has 0 fully saturated rings. The molecule has 1 aromatic heterocycles. The van der Waals surface area contributed by atoms with Crippen LogP contribution in [0.15, 0.2) is 29.3 Å². The maximum atomic E-state index is 13.3. The molecular formula is C19H27F2N5. The lowest BCUT2D eigenvalue weighted by Crippen LogP contribution is -2.39. The van der Waals surface area contributed by atoms with E-state index < -0.39 is 11.6 Å². The molecule has 2 aromatic rings. The molecule has 5 nitrogen and oxygen atoms in total. The highest BCUT2D eigenvalue weighted by Gasteiger charge is 2.10. The maximum Gasteiger partial charge on any atom is 0.190 e. The van der Waals surface area contributed by atoms with Crippen molar-refractivity contribution in [3.8, 4) is 0 Å². The van der Waals surface area contributed by atoms with Crippen LogP contribution >= 0.6 is 0 Å². The summed E-state index contributed by atoms with van der Waals surface area (Å²) in [5.74, 6) is -0.929. The first-order valence-electron chi connectivity index (χ1n) is 8.81. The molecule has 0 amide bonds. The summed E-state index contributed by atoms with van der Waals surface area (Å²) in [7, 11) is 1.71. The van der Waals surface area contributed by atoms with Gasteiger partial charge < -0.3 is 10.6 Å². The first kappa shape index (κ1) is 19.9. The number of aromatic nitrogens is 2. The molecule has 0 aliphatic rings. The van der Waals surface area contributed by atoms with Crippen LogP contribution in [-0.4, -0.2) is 35.9 Å². The minimum atomic E-state index is -0.825. The minimum absolute atomic E-state index is 0.0262. The Morgan fingerprint density at radius 1 is 1.19 bits per heavy atom. The van der Waals surface area contributed by atoms with Crippen molar-refractivity contribution in [1.82, 2.24) is 20.4 Å². The monoisotopic (exact) mass is 363 g/mol. The lowest BCUT2D eigenvalue weighted by Gasteiger charge is -2.16. The van der Waals surface area contributed by atoms with Gasteiger partial charge in [0.25, 0.3) is 0 Å². The molecule has 1 unspecified atom stereocenters. The Morgan fingerprint density at radius 3 is 2.58 bits per heavy atom. The zero-order valence-electron chi connectivity index (χ0n) is 15.8. The number of benzene rings is 1. The molecular weight excluding hydrogens is 336 g/mol. The van der Waals surface area contributed by atoms with Crippen LogP contribution < -0.4 is 10.6 Å². The second kappa shape index (κ2) is 9.31. The van der Waals surface area contributed by atoms with E-state index in [-0.39, 0.29) is 5.92 Å². The van der Waals surface area contributed by atoms with E-state index in [1.54, 1.807) is 13.1 Å². The molecule has 0 bridgehead atoms. The topological polar surface area (TPSA) is 54.2 Å². The molecule has 26 heavy (non-hydrogen) atoms. The second-order valence-electron chi connectivity index (χ2n) is 6.46. The summed E-state index contributed by atoms with van der Waals surface area (Å²) < 4.78 is 28.4. The van der Waals surface area contributed by atoms with Crippen LogP contribution in [0.2, 0.25) is 0 Å². The summed E-state index contributed by atoms with van der Waals surface area (Å²) in [5, 5.41) is 10.9. The predicted molar refractivity (Wildman–Crippen MR) is 100 cm³/mol. The average Bonchev–Trinajstić information content (AvgIpc) is 2.93. The lowest BCUT2D eigenvalue weighted by molar-refractivity contribution is 0.505. The van der Waals surface area contributed by atoms with Gasteiger partial charge >= 0.3 is 0 Å². The Bertz CT molecular complexity index is 754. The van der Waals surface area contributed by atoms with E-state index >= 15 is 0 Å². The number of rotatable bonds is 7. The molecule has 1 atom stereocenters. The zero-order valence-corrected chi connectivity index (χ0v) is 15.8. The Balaban J connectivity index is 1.75. The van der Waals surface area contributed by atoms with Gasteiger partial charge in [0.2, 0.25) is 0 Å². The van der Waals surface area contributed by atoms with Crippen molar-refractivity contribution in [3.05, 3.63) is 52.9 Å². The standard InChI is InChI=1S/C19H27F2N5/c1-13(16-6-7-17(20)18(21)11-16)12-24-19(22-4)23-8-5-9-26-15(3)10-14(2)25-26/h6-7,10-11,13H,5,8-9,12H2,1-4H3,(H2,22,23,24). The number of aryl methyl sites for hydroxylation is 3. The Morgan fingerprint density at radius 2 is 1.96 bits per heavy atom. The molecule has 1 heterocycles. The number of halogens is 2. The summed E-state index contributed by atoms with van der Waals surface area (Å²) in [4.78, 5) is 4.19. The SMILES string of the molecule is CN=C(NCCCn1nc(C)cc1C)NCC(C)c1ccc(F)c(F)c1. The van der Waals surface area contributed by atoms with Gasteiger partial charge in [-0.25, -0.2) is 8.78 Å². The highest BCUT2D eigenvalue weighted by atomic mass is 19.2. The summed E-state index contributed by atoms with van der Waals surface area (Å²) >= 11 is 0. The van der Waals surface area contributed by atoms with Crippen LogP contribution in [0.4, 0.5) is 8.78 Å². The molecule has 7 heteroatoms. The number of nitrogens with one attached hydrogen (secondary N) is 2. The molecule has 2 rings (SSSR count). The Hall–Kier alpha value is -2.44. The summed E-state index contributed by atoms with van der Waals surface area (Å²) in [6.45, 7) is 8.17. The Kier molecular flexibility index (Phi) is 7.12. The van der Waals surface area contributed by atoms with E-state index in [9.17, 15) is 8.78 Å². The first-order chi connectivity index (χ1) is 12.4. The highest BCUT2D eigenvalue weighted by molar-refractivity contribution is 5.79. The van der Waals surface area contributed by atoms with Crippen molar-refractivity contribution in [2.45, 2.75) is 39.7 Å². The van der Waals surface area contributed by atoms with Gasteiger partial charge in [0.15, 0.2) is 17.6 Å². The Labute approximate surface area is 153 Å². The third-order valence-corrected chi connectivity index (χ3v) is 4.25. The molecule has 0 radical (unpaired) electrons. The van der Waals surface area contributed by atoms with E-state index in [0.29, 0.717) is 12.5 Å². The predicted octanol–water partition coefficient (Wildman–Crippen LogP) is 3.14. The van der Waals surface area contributed by atoms with E-state index in [1.807, 2.05) is 25.5 Å². The van der Waals surface area contributed by atoms with Crippen LogP contribution in [0.3, 0.4) is 0 Å². The highest BCUT2D eigenvalue weighted by Crippen LogP contribution is 2.17. The molecule has 0 spiro atoms. The van der Waals surface area contributed by atoms with Crippen molar-refractivity contribution < 1.29 is 8.78 Å². The van der Waals surface area contributed by atoms with Crippen LogP contribution in [0.5, 0.6) is 0 Å². The molecule has 1 aromatic carbocycles. The second-order valence-corrected chi connectivity index (χ2v) is 6.46. The molecule has 0 aliphatic carbocycles. The van der Waals surface area contributed by atoms with Crippen LogP contribution in [0, 0.1) is 25.5 Å². The van der Waals surface area contributed by atoms with Crippen molar-refractivity contribution in [1.29, 1.82) is 0 Å². The van der Waals surface area contributed by atoms with Crippen LogP contribution in [0.25, 0.3) is 0 Å². The number of nitrogens with zero attached hydrogens (tertiary/aromatic N) is 3. The van der Waals surface area contributed by atoms with Gasteiger partial charge in [0.05, 0.1) is 5.69 Å². The van der Waals surface area contributed by atoms with Crippen molar-refractivity contribution in [2.75, 3.05) is 20.1 Å². The third-order valence-electron chi connectivity index (χ3n) is 4.25. The third kappa shape index (κ3) is 5.54. The summed E-state index contributed by atoms with van der Waals surface area (Å²) in [5.41, 5.74) is 2.93. The molecule has 0 saturated heterocycles. The largest absolute Gasteiger partial charge is 0.356 e. The average molecular weight is 363 g/mol. The van der Waals surface area contributed by atoms with Crippen LogP contribution in [-0.2, 0) is 6.54 Å². The number of hydrogen-bond donors (Lipinski definition) is 2. The minimum Gasteiger partial charge on any atom is -0.356 e. The fourth-order valence-electron chi connectivity index (χ4n) is 2.74. The zero-order chi connectivity index (χ0) is 19.1. The first-order valence-corrected chi connectivity index (χ1v) is 8.81. The van der Waals surface area contributed by atoms with E-state index in [1.165, 1.54) is 6.07 Å². The number of guanidine groups is 1. The fourth-order valence-corrected chi connectivity index (χ4v) is 2.74. The molecule has 2 N–H and O–H groups in total. The lowest BCUT2D eigenvalue weighted by atomic mass is 10.0. The van der Waals surface area contributed by atoms with Gasteiger partial charge in [-0.05, 0) is 49.9 Å². The maximum absolute atomic E-state index is 13.3. The van der Waals surface area contributed by atoms with Crippen LogP contribution in [0.1, 0.15) is 36.2 Å². The van der Waals surface area contributed by atoms with Gasteiger partial charge in [-0.1, -0.05) is 13.0 Å². The van der Waals surface area contributed by atoms with Crippen molar-refractivity contribution in [2.24, 2.45) is 4.99 Å². The molecule has 142 valence electrons. The quantitative estimate of drug-likeness (QED) is 0.451. The fraction of sp³-hybridized carbons (Fsp3) is 0.474. The molecule has 0 aliphatic heterocycles. The normalized spacial score (nSPS) is 12.9. The summed E-state index contributed by atoms with van der Waals surface area (Å²) in [6, 6.07) is 6.07. The van der Waals surface area contributed by atoms with E-state index in [4.69, 9.17) is 0 Å². The van der Waals surface area contributed by atoms with Gasteiger partial charge in [0.1, 0.15) is 0 Å². The smallest absolute Gasteiger partial charge is 0.190 e. The van der Waals surface area contributed by atoms with Gasteiger partial charge in [-0.2, -0.15) is 5.10 Å². The number of aliphatic imine (C=N–C) groups is 1. The number of hydrogen-bond acceptors (Lipinski definition) is 2. The molecule has 0 saturated carbocycles. The van der Waals surface area contributed by atoms with Gasteiger partial charge in [-0.3, -0.25) is 9.67 Å².